The van der Waals surface area contributed by atoms with Gasteiger partial charge in [0, 0.05) is 39.8 Å². The zero-order chi connectivity index (χ0) is 43.4. The smallest absolute Gasteiger partial charge is 0.340 e. The molecule has 18 nitrogen and oxygen atoms in total. The predicted molar refractivity (Wildman–Crippen MR) is 196 cm³/mol. The van der Waals surface area contributed by atoms with Crippen molar-refractivity contribution < 1.29 is 81.7 Å². The summed E-state index contributed by atoms with van der Waals surface area (Å²) in [5, 5.41) is 25.9. The summed E-state index contributed by atoms with van der Waals surface area (Å²) in [5.41, 5.74) is -10.2. The van der Waals surface area contributed by atoms with Gasteiger partial charge in [0.25, 0.3) is 0 Å². The zero-order valence-corrected chi connectivity index (χ0v) is 33.7. The normalized spacial score (nSPS) is 37.4. The average molecular weight is 826 g/mol. The Kier molecular flexibility index (Phi) is 11.4. The quantitative estimate of drug-likeness (QED) is 0.298. The number of ether oxygens (including phenoxy) is 8. The molecule has 1 aromatic heterocycles. The van der Waals surface area contributed by atoms with Gasteiger partial charge in [0.05, 0.1) is 28.7 Å². The second-order valence-electron chi connectivity index (χ2n) is 15.9. The van der Waals surface area contributed by atoms with Crippen molar-refractivity contribution in [3.63, 3.8) is 0 Å². The maximum atomic E-state index is 14.3. The number of pyridine rings is 1. The molecule has 0 amide bonds. The standard InChI is InChI=1S/C41H47NO17/c1-19-20(2)35(48)58-32-29(47)33(55-23(5)45)40(18-52-21(3)43)34(56-24(6)46)30(54-22(4)44)27-31(57-36(49)25-13-10-9-11-14-25)41(40,39(32,8)51)59-38(27,7)17-53-37(50)26-15-12-16-42-28(19)26/h9-16,19-20,27,29-34,47,51H,17-18H2,1-8H3. The van der Waals surface area contributed by atoms with Crippen LogP contribution in [0.3, 0.4) is 0 Å². The largest absolute Gasteiger partial charge is 0.465 e. The average Bonchev–Trinajstić information content (AvgIpc) is 3.40. The molecular formula is C41H47NO17. The summed E-state index contributed by atoms with van der Waals surface area (Å²) in [5.74, 6) is -10.6. The van der Waals surface area contributed by atoms with Crippen LogP contribution in [-0.4, -0.2) is 124 Å². The molecule has 1 saturated heterocycles. The minimum atomic E-state index is -2.83. The van der Waals surface area contributed by atoms with Gasteiger partial charge in [0.1, 0.15) is 54.2 Å². The molecule has 13 unspecified atom stereocenters. The minimum absolute atomic E-state index is 0.0130. The van der Waals surface area contributed by atoms with E-state index in [0.29, 0.717) is 0 Å². The lowest BCUT2D eigenvalue weighted by atomic mass is 9.45. The summed E-state index contributed by atoms with van der Waals surface area (Å²) in [4.78, 5) is 99.4. The van der Waals surface area contributed by atoms with Crippen LogP contribution in [0.25, 0.3) is 0 Å². The lowest BCUT2D eigenvalue weighted by Gasteiger charge is -2.67. The van der Waals surface area contributed by atoms with Gasteiger partial charge >= 0.3 is 41.8 Å². The molecule has 4 bridgehead atoms. The molecule has 2 aliphatic carbocycles. The van der Waals surface area contributed by atoms with Gasteiger partial charge in [-0.25, -0.2) is 9.59 Å². The number of hydrogen-bond donors (Lipinski definition) is 2. The van der Waals surface area contributed by atoms with Gasteiger partial charge < -0.3 is 48.1 Å². The predicted octanol–water partition coefficient (Wildman–Crippen LogP) is 1.76. The summed E-state index contributed by atoms with van der Waals surface area (Å²) >= 11 is 0. The summed E-state index contributed by atoms with van der Waals surface area (Å²) in [6.07, 6.45) is -10.9. The molecule has 0 radical (unpaired) electrons. The molecule has 3 heterocycles. The van der Waals surface area contributed by atoms with Gasteiger partial charge in [-0.1, -0.05) is 32.0 Å². The van der Waals surface area contributed by atoms with Gasteiger partial charge in [-0.15, -0.1) is 0 Å². The van der Waals surface area contributed by atoms with E-state index in [1.54, 1.807) is 25.1 Å². The summed E-state index contributed by atoms with van der Waals surface area (Å²) < 4.78 is 48.8. The van der Waals surface area contributed by atoms with E-state index >= 15 is 0 Å². The van der Waals surface area contributed by atoms with Gasteiger partial charge in [0.2, 0.25) is 0 Å². The molecular weight excluding hydrogens is 778 g/mol. The third kappa shape index (κ3) is 6.89. The third-order valence-electron chi connectivity index (χ3n) is 12.1. The van der Waals surface area contributed by atoms with Crippen LogP contribution >= 0.6 is 0 Å². The van der Waals surface area contributed by atoms with E-state index < -0.39 is 132 Å². The van der Waals surface area contributed by atoms with E-state index in [4.69, 9.17) is 37.9 Å². The number of aliphatic hydroxyl groups excluding tert-OH is 1. The number of rotatable bonds is 7. The van der Waals surface area contributed by atoms with Crippen molar-refractivity contribution >= 4 is 41.8 Å². The molecule has 3 fully saturated rings. The third-order valence-corrected chi connectivity index (χ3v) is 12.1. The second kappa shape index (κ2) is 15.6. The molecule has 2 N–H and O–H groups in total. The molecule has 18 heteroatoms. The number of aliphatic hydroxyl groups is 2. The highest BCUT2D eigenvalue weighted by Gasteiger charge is 2.91. The number of carbonyl (C=O) groups is 7. The van der Waals surface area contributed by atoms with Crippen molar-refractivity contribution in [2.45, 2.75) is 115 Å². The van der Waals surface area contributed by atoms with E-state index in [1.165, 1.54) is 44.3 Å². The Bertz CT molecular complexity index is 2040. The highest BCUT2D eigenvalue weighted by Crippen LogP contribution is 2.70. The van der Waals surface area contributed by atoms with Crippen LogP contribution in [0.4, 0.5) is 0 Å². The number of carbonyl (C=O) groups excluding carboxylic acids is 7. The van der Waals surface area contributed by atoms with Gasteiger partial charge in [-0.3, -0.25) is 29.0 Å². The fourth-order valence-electron chi connectivity index (χ4n) is 9.54. The molecule has 59 heavy (non-hydrogen) atoms. The van der Waals surface area contributed by atoms with Crippen LogP contribution in [0.2, 0.25) is 0 Å². The van der Waals surface area contributed by atoms with Gasteiger partial charge in [-0.2, -0.15) is 0 Å². The fourth-order valence-corrected chi connectivity index (χ4v) is 9.54. The maximum absolute atomic E-state index is 14.3. The first-order valence-corrected chi connectivity index (χ1v) is 19.0. The van der Waals surface area contributed by atoms with Crippen molar-refractivity contribution in [3.05, 3.63) is 65.5 Å². The van der Waals surface area contributed by atoms with E-state index in [9.17, 15) is 43.8 Å². The van der Waals surface area contributed by atoms with Crippen LogP contribution in [0, 0.1) is 17.3 Å². The molecule has 1 spiro atoms. The minimum Gasteiger partial charge on any atom is -0.465 e. The Morgan fingerprint density at radius 2 is 1.44 bits per heavy atom. The monoisotopic (exact) mass is 825 g/mol. The van der Waals surface area contributed by atoms with Crippen LogP contribution in [0.5, 0.6) is 0 Å². The Balaban J connectivity index is 1.77. The SMILES string of the molecule is CC(=O)OCC12C(OC(C)=O)C(O)C3OC(=O)C(C)C(C)c4ncccc4C(=O)OCC4(C)OC1(C(OC(=O)c1ccccc1)C4C(OC(C)=O)C2OC(C)=O)C3(C)O. The fraction of sp³-hybridized carbons (Fsp3) is 0.561. The maximum Gasteiger partial charge on any atom is 0.340 e. The van der Waals surface area contributed by atoms with Crippen molar-refractivity contribution in [1.29, 1.82) is 0 Å². The first kappa shape index (κ1) is 43.1. The van der Waals surface area contributed by atoms with Crippen molar-refractivity contribution in [1.82, 2.24) is 4.98 Å². The van der Waals surface area contributed by atoms with Crippen molar-refractivity contribution in [2.24, 2.45) is 17.3 Å². The van der Waals surface area contributed by atoms with Crippen molar-refractivity contribution in [2.75, 3.05) is 13.2 Å². The van der Waals surface area contributed by atoms with Crippen LogP contribution in [0.15, 0.2) is 48.7 Å². The zero-order valence-electron chi connectivity index (χ0n) is 33.7. The van der Waals surface area contributed by atoms with E-state index in [2.05, 4.69) is 4.98 Å². The van der Waals surface area contributed by atoms with Crippen LogP contribution in [0.1, 0.15) is 87.7 Å². The topological polar surface area (TPSA) is 247 Å². The molecule has 13 atom stereocenters. The molecule has 1 aromatic carbocycles. The lowest BCUT2D eigenvalue weighted by Crippen LogP contribution is -2.89. The highest BCUT2D eigenvalue weighted by atomic mass is 16.7. The first-order chi connectivity index (χ1) is 27.6. The first-order valence-electron chi connectivity index (χ1n) is 19.0. The van der Waals surface area contributed by atoms with Gasteiger partial charge in [0.15, 0.2) is 17.8 Å². The Morgan fingerprint density at radius 3 is 2.05 bits per heavy atom. The number of cyclic esters (lactones) is 1. The Morgan fingerprint density at radius 1 is 0.814 bits per heavy atom. The number of nitrogens with zero attached hydrogens (tertiary/aromatic N) is 1. The molecule has 2 saturated carbocycles. The van der Waals surface area contributed by atoms with E-state index in [0.717, 1.165) is 34.6 Å². The van der Waals surface area contributed by atoms with Gasteiger partial charge in [-0.05, 0) is 38.1 Å². The molecule has 2 aliphatic heterocycles. The molecule has 6 rings (SSSR count). The number of hydrogen-bond acceptors (Lipinski definition) is 18. The van der Waals surface area contributed by atoms with E-state index in [-0.39, 0.29) is 16.8 Å². The lowest BCUT2D eigenvalue weighted by molar-refractivity contribution is -0.386. The Hall–Kier alpha value is -5.46. The highest BCUT2D eigenvalue weighted by molar-refractivity contribution is 5.91. The van der Waals surface area contributed by atoms with Crippen LogP contribution < -0.4 is 0 Å². The Labute approximate surface area is 338 Å². The summed E-state index contributed by atoms with van der Waals surface area (Å²) in [6, 6.07) is 10.5. The summed E-state index contributed by atoms with van der Waals surface area (Å²) in [6.45, 7) is 7.75. The summed E-state index contributed by atoms with van der Waals surface area (Å²) in [7, 11) is 0. The number of benzene rings is 1. The second-order valence-corrected chi connectivity index (χ2v) is 15.9. The number of aromatic nitrogens is 1. The van der Waals surface area contributed by atoms with E-state index in [1.807, 2.05) is 0 Å². The molecule has 2 aromatic rings. The van der Waals surface area contributed by atoms with Crippen LogP contribution in [-0.2, 0) is 61.9 Å². The molecule has 4 aliphatic rings. The van der Waals surface area contributed by atoms with Crippen molar-refractivity contribution in [3.8, 4) is 0 Å². The number of esters is 7. The number of fused-ring (bicyclic) bond motifs is 5. The molecule has 318 valence electrons.